The number of nitrogens with zero attached hydrogens (tertiary/aromatic N) is 2. The molecule has 0 spiro atoms. The summed E-state index contributed by atoms with van der Waals surface area (Å²) in [6, 6.07) is 5.41. The van der Waals surface area contributed by atoms with Crippen LogP contribution in [0.1, 0.15) is 18.2 Å². The molecule has 2 bridgehead atoms. The van der Waals surface area contributed by atoms with E-state index < -0.39 is 0 Å². The largest absolute Gasteiger partial charge is 0.312 e. The van der Waals surface area contributed by atoms with Gasteiger partial charge in [-0.3, -0.25) is 9.80 Å². The van der Waals surface area contributed by atoms with Gasteiger partial charge in [-0.05, 0) is 31.5 Å². The minimum atomic E-state index is 0.549. The maximum absolute atomic E-state index is 6.08. The highest BCUT2D eigenvalue weighted by Gasteiger charge is 2.36. The lowest BCUT2D eigenvalue weighted by Gasteiger charge is -2.50. The molecule has 4 rings (SSSR count). The number of hydrogen-bond donors (Lipinski definition) is 1. The molecule has 5 heteroatoms. The molecule has 1 aromatic heterocycles. The van der Waals surface area contributed by atoms with Crippen LogP contribution in [0.2, 0.25) is 4.34 Å². The van der Waals surface area contributed by atoms with E-state index in [4.69, 9.17) is 11.6 Å². The molecule has 112 valence electrons. The zero-order chi connectivity index (χ0) is 13.9. The zero-order valence-electron chi connectivity index (χ0n) is 12.1. The number of fused-ring (bicyclic) bond motifs is 3. The summed E-state index contributed by atoms with van der Waals surface area (Å²) in [6.45, 7) is 9.54. The first-order valence-corrected chi connectivity index (χ1v) is 8.89. The van der Waals surface area contributed by atoms with Crippen LogP contribution in [0.25, 0.3) is 0 Å². The summed E-state index contributed by atoms with van der Waals surface area (Å²) in [7, 11) is 0. The van der Waals surface area contributed by atoms with Crippen molar-refractivity contribution in [3.63, 3.8) is 0 Å². The van der Waals surface area contributed by atoms with Crippen LogP contribution in [-0.2, 0) is 6.42 Å². The van der Waals surface area contributed by atoms with E-state index in [1.165, 1.54) is 44.0 Å². The van der Waals surface area contributed by atoms with Crippen LogP contribution in [0.15, 0.2) is 12.1 Å². The second-order valence-electron chi connectivity index (χ2n) is 5.87. The van der Waals surface area contributed by atoms with Gasteiger partial charge in [0.15, 0.2) is 0 Å². The van der Waals surface area contributed by atoms with Gasteiger partial charge in [-0.2, -0.15) is 0 Å². The molecule has 4 heterocycles. The highest BCUT2D eigenvalue weighted by molar-refractivity contribution is 7.16. The van der Waals surface area contributed by atoms with Crippen LogP contribution in [0, 0.1) is 0 Å². The minimum Gasteiger partial charge on any atom is -0.312 e. The summed E-state index contributed by atoms with van der Waals surface area (Å²) in [5.74, 6) is 0. The standard InChI is InChI=1S/C15H24ClN3S/c1-2-5-17-13(10-12-3-4-15(16)20-12)14-11-18-6-8-19(14)9-7-18/h3-4,13-14,17H,2,5-11H2,1H3. The third-order valence-corrected chi connectivity index (χ3v) is 5.75. The second kappa shape index (κ2) is 6.75. The van der Waals surface area contributed by atoms with Crippen LogP contribution in [0.5, 0.6) is 0 Å². The smallest absolute Gasteiger partial charge is 0.0931 e. The molecule has 0 radical (unpaired) electrons. The third kappa shape index (κ3) is 3.37. The molecular formula is C15H24ClN3S. The number of rotatable bonds is 6. The Labute approximate surface area is 130 Å². The Morgan fingerprint density at radius 1 is 1.35 bits per heavy atom. The summed E-state index contributed by atoms with van der Waals surface area (Å²) < 4.78 is 0.906. The van der Waals surface area contributed by atoms with Gasteiger partial charge in [0.1, 0.15) is 0 Å². The van der Waals surface area contributed by atoms with Crippen molar-refractivity contribution in [1.29, 1.82) is 0 Å². The summed E-state index contributed by atoms with van der Waals surface area (Å²) in [6.07, 6.45) is 2.30. The van der Waals surface area contributed by atoms with E-state index >= 15 is 0 Å². The van der Waals surface area contributed by atoms with Gasteiger partial charge in [0.05, 0.1) is 4.34 Å². The molecule has 20 heavy (non-hydrogen) atoms. The zero-order valence-corrected chi connectivity index (χ0v) is 13.7. The van der Waals surface area contributed by atoms with E-state index in [0.717, 1.165) is 17.3 Å². The Morgan fingerprint density at radius 2 is 2.15 bits per heavy atom. The fourth-order valence-corrected chi connectivity index (χ4v) is 4.54. The lowest BCUT2D eigenvalue weighted by atomic mass is 9.97. The predicted octanol–water partition coefficient (Wildman–Crippen LogP) is 2.31. The summed E-state index contributed by atoms with van der Waals surface area (Å²) in [5.41, 5.74) is 0. The fraction of sp³-hybridized carbons (Fsp3) is 0.733. The van der Waals surface area contributed by atoms with Crippen molar-refractivity contribution >= 4 is 22.9 Å². The fourth-order valence-electron chi connectivity index (χ4n) is 3.39. The highest BCUT2D eigenvalue weighted by Crippen LogP contribution is 2.25. The van der Waals surface area contributed by atoms with Gasteiger partial charge in [-0.1, -0.05) is 18.5 Å². The maximum atomic E-state index is 6.08. The topological polar surface area (TPSA) is 18.5 Å². The molecule has 3 aliphatic rings. The molecule has 3 saturated heterocycles. The van der Waals surface area contributed by atoms with Gasteiger partial charge in [0, 0.05) is 49.7 Å². The lowest BCUT2D eigenvalue weighted by molar-refractivity contribution is -0.00298. The average Bonchev–Trinajstić information content (AvgIpc) is 2.90. The molecule has 3 nitrogen and oxygen atoms in total. The Bertz CT molecular complexity index is 429. The molecule has 0 aliphatic carbocycles. The monoisotopic (exact) mass is 313 g/mol. The van der Waals surface area contributed by atoms with E-state index in [1.807, 2.05) is 6.07 Å². The summed E-state index contributed by atoms with van der Waals surface area (Å²) in [5, 5.41) is 3.78. The first-order chi connectivity index (χ1) is 9.76. The van der Waals surface area contributed by atoms with Crippen molar-refractivity contribution in [1.82, 2.24) is 15.1 Å². The first kappa shape index (κ1) is 14.8. The van der Waals surface area contributed by atoms with Crippen molar-refractivity contribution in [3.8, 4) is 0 Å². The van der Waals surface area contributed by atoms with Crippen LogP contribution in [0.4, 0.5) is 0 Å². The SMILES string of the molecule is CCCNC(Cc1ccc(Cl)s1)C1CN2CCN1CC2. The van der Waals surface area contributed by atoms with E-state index in [0.29, 0.717) is 12.1 Å². The quantitative estimate of drug-likeness (QED) is 0.869. The molecule has 1 N–H and O–H groups in total. The van der Waals surface area contributed by atoms with Crippen molar-refractivity contribution in [2.75, 3.05) is 39.3 Å². The molecule has 2 unspecified atom stereocenters. The average molecular weight is 314 g/mol. The van der Waals surface area contributed by atoms with Gasteiger partial charge in [0.25, 0.3) is 0 Å². The minimum absolute atomic E-state index is 0.549. The van der Waals surface area contributed by atoms with Crippen molar-refractivity contribution in [3.05, 3.63) is 21.3 Å². The van der Waals surface area contributed by atoms with Gasteiger partial charge in [-0.15, -0.1) is 11.3 Å². The Hall–Kier alpha value is -0.130. The molecule has 3 aliphatic heterocycles. The Morgan fingerprint density at radius 3 is 2.70 bits per heavy atom. The predicted molar refractivity (Wildman–Crippen MR) is 86.9 cm³/mol. The molecule has 3 fully saturated rings. The second-order valence-corrected chi connectivity index (χ2v) is 7.67. The number of thiophene rings is 1. The first-order valence-electron chi connectivity index (χ1n) is 7.70. The number of piperazine rings is 3. The molecule has 0 amide bonds. The molecule has 1 aromatic rings. The van der Waals surface area contributed by atoms with Gasteiger partial charge in [0.2, 0.25) is 0 Å². The Kier molecular flexibility index (Phi) is 5.00. The van der Waals surface area contributed by atoms with E-state index in [9.17, 15) is 0 Å². The molecule has 0 saturated carbocycles. The maximum Gasteiger partial charge on any atom is 0.0931 e. The summed E-state index contributed by atoms with van der Waals surface area (Å²) >= 11 is 7.80. The molecule has 0 aromatic carbocycles. The normalized spacial score (nSPS) is 30.6. The van der Waals surface area contributed by atoms with Gasteiger partial charge < -0.3 is 5.32 Å². The highest BCUT2D eigenvalue weighted by atomic mass is 35.5. The third-order valence-electron chi connectivity index (χ3n) is 4.49. The van der Waals surface area contributed by atoms with Crippen molar-refractivity contribution < 1.29 is 0 Å². The van der Waals surface area contributed by atoms with Crippen LogP contribution in [-0.4, -0.2) is 61.2 Å². The lowest BCUT2D eigenvalue weighted by Crippen LogP contribution is -2.66. The van der Waals surface area contributed by atoms with E-state index in [-0.39, 0.29) is 0 Å². The van der Waals surface area contributed by atoms with Crippen LogP contribution in [0.3, 0.4) is 0 Å². The number of hydrogen-bond acceptors (Lipinski definition) is 4. The van der Waals surface area contributed by atoms with E-state index in [1.54, 1.807) is 11.3 Å². The van der Waals surface area contributed by atoms with Crippen LogP contribution >= 0.6 is 22.9 Å². The van der Waals surface area contributed by atoms with Gasteiger partial charge in [-0.25, -0.2) is 0 Å². The Balaban J connectivity index is 1.68. The summed E-state index contributed by atoms with van der Waals surface area (Å²) in [4.78, 5) is 6.70. The number of nitrogens with one attached hydrogen (secondary N) is 1. The number of halogens is 1. The molecular weight excluding hydrogens is 290 g/mol. The molecule has 2 atom stereocenters. The van der Waals surface area contributed by atoms with Crippen molar-refractivity contribution in [2.24, 2.45) is 0 Å². The van der Waals surface area contributed by atoms with Crippen molar-refractivity contribution in [2.45, 2.75) is 31.8 Å². The van der Waals surface area contributed by atoms with E-state index in [2.05, 4.69) is 28.1 Å². The van der Waals surface area contributed by atoms with Gasteiger partial charge >= 0.3 is 0 Å². The van der Waals surface area contributed by atoms with Crippen LogP contribution < -0.4 is 5.32 Å².